The van der Waals surface area contributed by atoms with Gasteiger partial charge in [-0.2, -0.15) is 10.4 Å². The van der Waals surface area contributed by atoms with Crippen molar-refractivity contribution in [3.63, 3.8) is 0 Å². The van der Waals surface area contributed by atoms with E-state index in [2.05, 4.69) is 10.4 Å². The van der Waals surface area contributed by atoms with Crippen LogP contribution >= 0.6 is 0 Å². The maximum absolute atomic E-state index is 12.0. The summed E-state index contributed by atoms with van der Waals surface area (Å²) in [5.41, 5.74) is 7.91. The second kappa shape index (κ2) is 4.82. The number of carbonyl (C=O) groups is 1. The lowest BCUT2D eigenvalue weighted by Crippen LogP contribution is -2.15. The minimum Gasteiger partial charge on any atom is -0.394 e. The van der Waals surface area contributed by atoms with Gasteiger partial charge in [0.05, 0.1) is 23.0 Å². The Hall–Kier alpha value is -2.81. The summed E-state index contributed by atoms with van der Waals surface area (Å²) in [6, 6.07) is 8.36. The van der Waals surface area contributed by atoms with Gasteiger partial charge in [-0.3, -0.25) is 9.48 Å². The molecule has 0 aliphatic heterocycles. The van der Waals surface area contributed by atoms with Crippen LogP contribution in [0.2, 0.25) is 0 Å². The van der Waals surface area contributed by atoms with Gasteiger partial charge in [-0.1, -0.05) is 0 Å². The molecule has 96 valence electrons. The number of nitrogens with zero attached hydrogens (tertiary/aromatic N) is 3. The van der Waals surface area contributed by atoms with Gasteiger partial charge in [0.15, 0.2) is 5.82 Å². The molecule has 6 nitrogen and oxygen atoms in total. The number of aromatic nitrogens is 2. The van der Waals surface area contributed by atoms with E-state index in [1.165, 1.54) is 4.68 Å². The summed E-state index contributed by atoms with van der Waals surface area (Å²) in [4.78, 5) is 12.0. The van der Waals surface area contributed by atoms with Gasteiger partial charge in [-0.05, 0) is 31.2 Å². The topological polar surface area (TPSA) is 96.7 Å². The van der Waals surface area contributed by atoms with E-state index in [0.29, 0.717) is 28.3 Å². The predicted octanol–water partition coefficient (Wildman–Crippen LogP) is 1.43. The highest BCUT2D eigenvalue weighted by molar-refractivity contribution is 6.05. The Bertz CT molecular complexity index is 664. The number of aryl methyl sites for hydroxylation is 2. The maximum atomic E-state index is 12.0. The summed E-state index contributed by atoms with van der Waals surface area (Å²) >= 11 is 0. The molecule has 0 saturated heterocycles. The predicted molar refractivity (Wildman–Crippen MR) is 71.5 cm³/mol. The average molecular weight is 255 g/mol. The summed E-state index contributed by atoms with van der Waals surface area (Å²) in [7, 11) is 1.71. The van der Waals surface area contributed by atoms with Crippen molar-refractivity contribution in [2.24, 2.45) is 7.05 Å². The highest BCUT2D eigenvalue weighted by atomic mass is 16.1. The monoisotopic (exact) mass is 255 g/mol. The number of anilines is 2. The van der Waals surface area contributed by atoms with Gasteiger partial charge in [0.1, 0.15) is 0 Å². The average Bonchev–Trinajstić information content (AvgIpc) is 2.65. The molecule has 19 heavy (non-hydrogen) atoms. The highest BCUT2D eigenvalue weighted by Gasteiger charge is 2.14. The molecule has 1 aromatic carbocycles. The molecule has 0 spiro atoms. The van der Waals surface area contributed by atoms with Crippen molar-refractivity contribution in [3.05, 3.63) is 41.1 Å². The Kier molecular flexibility index (Phi) is 3.21. The van der Waals surface area contributed by atoms with E-state index < -0.39 is 0 Å². The minimum atomic E-state index is -0.292. The van der Waals surface area contributed by atoms with Gasteiger partial charge in [-0.25, -0.2) is 0 Å². The molecule has 0 saturated carbocycles. The Morgan fingerprint density at radius 1 is 1.42 bits per heavy atom. The number of hydrogen-bond donors (Lipinski definition) is 2. The van der Waals surface area contributed by atoms with Crippen LogP contribution in [0.3, 0.4) is 0 Å². The van der Waals surface area contributed by atoms with E-state index in [9.17, 15) is 4.79 Å². The third-order valence-electron chi connectivity index (χ3n) is 2.78. The number of nitrogen functional groups attached to an aromatic ring is 1. The molecule has 0 aliphatic rings. The SMILES string of the molecule is Cc1nn(C)c(NC(=O)c2ccc(C#N)cc2)c1N. The van der Waals surface area contributed by atoms with E-state index in [0.717, 1.165) is 0 Å². The maximum Gasteiger partial charge on any atom is 0.256 e. The lowest BCUT2D eigenvalue weighted by molar-refractivity contribution is 0.102. The third kappa shape index (κ3) is 2.40. The van der Waals surface area contributed by atoms with Gasteiger partial charge < -0.3 is 11.1 Å². The van der Waals surface area contributed by atoms with Crippen molar-refractivity contribution in [2.45, 2.75) is 6.92 Å². The molecule has 0 unspecified atom stereocenters. The minimum absolute atomic E-state index is 0.292. The largest absolute Gasteiger partial charge is 0.394 e. The van der Waals surface area contributed by atoms with Crippen molar-refractivity contribution in [2.75, 3.05) is 11.1 Å². The van der Waals surface area contributed by atoms with E-state index in [-0.39, 0.29) is 5.91 Å². The Morgan fingerprint density at radius 3 is 2.53 bits per heavy atom. The summed E-state index contributed by atoms with van der Waals surface area (Å²) in [6.45, 7) is 1.77. The van der Waals surface area contributed by atoms with Crippen molar-refractivity contribution >= 4 is 17.4 Å². The Balaban J connectivity index is 2.23. The number of nitriles is 1. The van der Waals surface area contributed by atoms with Gasteiger partial charge >= 0.3 is 0 Å². The molecule has 0 atom stereocenters. The molecule has 0 aliphatic carbocycles. The molecule has 3 N–H and O–H groups in total. The number of rotatable bonds is 2. The van der Waals surface area contributed by atoms with Crippen LogP contribution in [0, 0.1) is 18.3 Å². The first-order valence-corrected chi connectivity index (χ1v) is 5.63. The van der Waals surface area contributed by atoms with Crippen molar-refractivity contribution < 1.29 is 4.79 Å². The summed E-state index contributed by atoms with van der Waals surface area (Å²) in [6.07, 6.45) is 0. The van der Waals surface area contributed by atoms with Crippen molar-refractivity contribution in [1.82, 2.24) is 9.78 Å². The third-order valence-corrected chi connectivity index (χ3v) is 2.78. The van der Waals surface area contributed by atoms with E-state index in [4.69, 9.17) is 11.0 Å². The molecule has 0 bridgehead atoms. The van der Waals surface area contributed by atoms with Crippen LogP contribution in [0.25, 0.3) is 0 Å². The first-order chi connectivity index (χ1) is 9.02. The van der Waals surface area contributed by atoms with Gasteiger partial charge in [-0.15, -0.1) is 0 Å². The number of amides is 1. The molecular weight excluding hydrogens is 242 g/mol. The smallest absolute Gasteiger partial charge is 0.256 e. The molecule has 0 radical (unpaired) electrons. The van der Waals surface area contributed by atoms with Crippen molar-refractivity contribution in [3.8, 4) is 6.07 Å². The van der Waals surface area contributed by atoms with Gasteiger partial charge in [0.25, 0.3) is 5.91 Å². The number of hydrogen-bond acceptors (Lipinski definition) is 4. The van der Waals surface area contributed by atoms with Crippen LogP contribution in [0.1, 0.15) is 21.6 Å². The second-order valence-electron chi connectivity index (χ2n) is 4.11. The summed E-state index contributed by atoms with van der Waals surface area (Å²) in [5.74, 6) is 0.172. The lowest BCUT2D eigenvalue weighted by atomic mass is 10.1. The summed E-state index contributed by atoms with van der Waals surface area (Å²) in [5, 5.41) is 15.5. The molecule has 1 aromatic heterocycles. The fraction of sp³-hybridized carbons (Fsp3) is 0.154. The van der Waals surface area contributed by atoms with Crippen LogP contribution in [0.4, 0.5) is 11.5 Å². The fourth-order valence-electron chi connectivity index (χ4n) is 1.70. The molecule has 2 rings (SSSR count). The standard InChI is InChI=1S/C13H13N5O/c1-8-11(15)12(18(2)17-8)16-13(19)10-5-3-9(7-14)4-6-10/h3-6H,15H2,1-2H3,(H,16,19). The normalized spacial score (nSPS) is 9.95. The van der Waals surface area contributed by atoms with E-state index in [1.807, 2.05) is 6.07 Å². The van der Waals surface area contributed by atoms with Crippen LogP contribution in [0.5, 0.6) is 0 Å². The lowest BCUT2D eigenvalue weighted by Gasteiger charge is -2.06. The zero-order valence-corrected chi connectivity index (χ0v) is 10.6. The van der Waals surface area contributed by atoms with Crippen LogP contribution in [-0.4, -0.2) is 15.7 Å². The second-order valence-corrected chi connectivity index (χ2v) is 4.11. The molecule has 1 heterocycles. The van der Waals surface area contributed by atoms with Crippen LogP contribution < -0.4 is 11.1 Å². The molecule has 0 fully saturated rings. The fourth-order valence-corrected chi connectivity index (χ4v) is 1.70. The van der Waals surface area contributed by atoms with Gasteiger partial charge in [0, 0.05) is 12.6 Å². The van der Waals surface area contributed by atoms with Gasteiger partial charge in [0.2, 0.25) is 0 Å². The zero-order chi connectivity index (χ0) is 14.0. The number of nitrogens with two attached hydrogens (primary N) is 1. The highest BCUT2D eigenvalue weighted by Crippen LogP contribution is 2.21. The number of nitrogens with one attached hydrogen (secondary N) is 1. The molecule has 6 heteroatoms. The van der Waals surface area contributed by atoms with Crippen LogP contribution in [0.15, 0.2) is 24.3 Å². The summed E-state index contributed by atoms with van der Waals surface area (Å²) < 4.78 is 1.52. The Morgan fingerprint density at radius 2 is 2.05 bits per heavy atom. The van der Waals surface area contributed by atoms with Crippen molar-refractivity contribution in [1.29, 1.82) is 5.26 Å². The first kappa shape index (κ1) is 12.6. The number of benzene rings is 1. The molecule has 2 aromatic rings. The van der Waals surface area contributed by atoms with Crippen LogP contribution in [-0.2, 0) is 7.05 Å². The molecular formula is C13H13N5O. The van der Waals surface area contributed by atoms with E-state index in [1.54, 1.807) is 38.2 Å². The quantitative estimate of drug-likeness (QED) is 0.848. The zero-order valence-electron chi connectivity index (χ0n) is 10.6. The number of carbonyl (C=O) groups excluding carboxylic acids is 1. The first-order valence-electron chi connectivity index (χ1n) is 5.63. The van der Waals surface area contributed by atoms with E-state index >= 15 is 0 Å². The molecule has 1 amide bonds. The Labute approximate surface area is 110 Å².